The zero-order valence-corrected chi connectivity index (χ0v) is 14.0. The molecule has 4 heteroatoms. The molecule has 4 nitrogen and oxygen atoms in total. The molecular weight excluding hydrogens is 276 g/mol. The van der Waals surface area contributed by atoms with Crippen molar-refractivity contribution in [2.45, 2.75) is 41.0 Å². The van der Waals surface area contributed by atoms with E-state index in [-0.39, 0.29) is 5.91 Å². The number of carbonyl (C=O) groups excluding carboxylic acids is 1. The van der Waals surface area contributed by atoms with Crippen molar-refractivity contribution in [2.24, 2.45) is 5.92 Å². The SMILES string of the molecule is Cc1nn(C(=O)c2ccc(OCCC(C)C)cc2)c(C)c1C. The minimum absolute atomic E-state index is 0.109. The molecule has 0 atom stereocenters. The summed E-state index contributed by atoms with van der Waals surface area (Å²) < 4.78 is 7.14. The Labute approximate surface area is 132 Å². The first-order valence-electron chi connectivity index (χ1n) is 7.70. The first kappa shape index (κ1) is 16.3. The van der Waals surface area contributed by atoms with E-state index in [4.69, 9.17) is 4.74 Å². The van der Waals surface area contributed by atoms with Crippen LogP contribution >= 0.6 is 0 Å². The van der Waals surface area contributed by atoms with Crippen molar-refractivity contribution in [3.63, 3.8) is 0 Å². The number of aromatic nitrogens is 2. The van der Waals surface area contributed by atoms with Gasteiger partial charge in [-0.25, -0.2) is 4.68 Å². The molecule has 0 radical (unpaired) electrons. The lowest BCUT2D eigenvalue weighted by molar-refractivity contribution is 0.0942. The van der Waals surface area contributed by atoms with Gasteiger partial charge in [0, 0.05) is 11.3 Å². The van der Waals surface area contributed by atoms with E-state index in [0.717, 1.165) is 29.1 Å². The normalized spacial score (nSPS) is 11.0. The van der Waals surface area contributed by atoms with Crippen LogP contribution in [0.4, 0.5) is 0 Å². The van der Waals surface area contributed by atoms with Gasteiger partial charge >= 0.3 is 0 Å². The van der Waals surface area contributed by atoms with Crippen molar-refractivity contribution in [3.8, 4) is 5.75 Å². The smallest absolute Gasteiger partial charge is 0.278 e. The minimum Gasteiger partial charge on any atom is -0.494 e. The molecule has 0 unspecified atom stereocenters. The lowest BCUT2D eigenvalue weighted by Gasteiger charge is -2.09. The van der Waals surface area contributed by atoms with Crippen LogP contribution in [0.5, 0.6) is 5.75 Å². The Morgan fingerprint density at radius 3 is 2.32 bits per heavy atom. The van der Waals surface area contributed by atoms with Gasteiger partial charge < -0.3 is 4.74 Å². The summed E-state index contributed by atoms with van der Waals surface area (Å²) in [6.45, 7) is 10.8. The summed E-state index contributed by atoms with van der Waals surface area (Å²) in [5, 5.41) is 4.31. The molecule has 0 aliphatic carbocycles. The average Bonchev–Trinajstić information content (AvgIpc) is 2.74. The van der Waals surface area contributed by atoms with Gasteiger partial charge in [0.05, 0.1) is 12.3 Å². The average molecular weight is 300 g/mol. The second-order valence-electron chi connectivity index (χ2n) is 6.07. The van der Waals surface area contributed by atoms with Gasteiger partial charge in [0.25, 0.3) is 5.91 Å². The van der Waals surface area contributed by atoms with Crippen LogP contribution < -0.4 is 4.74 Å². The third-order valence-corrected chi connectivity index (χ3v) is 3.91. The fourth-order valence-corrected chi connectivity index (χ4v) is 2.15. The van der Waals surface area contributed by atoms with E-state index in [2.05, 4.69) is 18.9 Å². The highest BCUT2D eigenvalue weighted by molar-refractivity contribution is 5.96. The summed E-state index contributed by atoms with van der Waals surface area (Å²) in [5.41, 5.74) is 3.45. The van der Waals surface area contributed by atoms with Crippen LogP contribution in [0.2, 0.25) is 0 Å². The van der Waals surface area contributed by atoms with Crippen LogP contribution in [0.1, 0.15) is 47.6 Å². The molecule has 0 saturated heterocycles. The molecule has 1 aromatic carbocycles. The quantitative estimate of drug-likeness (QED) is 0.840. The zero-order chi connectivity index (χ0) is 16.3. The van der Waals surface area contributed by atoms with Gasteiger partial charge in [-0.1, -0.05) is 13.8 Å². The molecule has 1 heterocycles. The number of aryl methyl sites for hydroxylation is 1. The van der Waals surface area contributed by atoms with Crippen molar-refractivity contribution in [2.75, 3.05) is 6.61 Å². The molecule has 22 heavy (non-hydrogen) atoms. The van der Waals surface area contributed by atoms with Crippen molar-refractivity contribution in [1.82, 2.24) is 9.78 Å². The Morgan fingerprint density at radius 1 is 1.18 bits per heavy atom. The third kappa shape index (κ3) is 3.56. The summed E-state index contributed by atoms with van der Waals surface area (Å²) in [5.74, 6) is 1.30. The first-order valence-corrected chi connectivity index (χ1v) is 7.70. The monoisotopic (exact) mass is 300 g/mol. The number of rotatable bonds is 5. The van der Waals surface area contributed by atoms with Crippen molar-refractivity contribution < 1.29 is 9.53 Å². The molecule has 2 aromatic rings. The molecule has 118 valence electrons. The van der Waals surface area contributed by atoms with Crippen molar-refractivity contribution in [1.29, 1.82) is 0 Å². The lowest BCUT2D eigenvalue weighted by atomic mass is 10.1. The Kier molecular flexibility index (Phi) is 5.01. The molecule has 0 saturated carbocycles. The molecule has 1 aromatic heterocycles. The van der Waals surface area contributed by atoms with Crippen LogP contribution in [-0.4, -0.2) is 22.3 Å². The second kappa shape index (κ2) is 6.77. The number of ether oxygens (including phenoxy) is 1. The van der Waals surface area contributed by atoms with Crippen LogP contribution in [0.25, 0.3) is 0 Å². The van der Waals surface area contributed by atoms with Crippen LogP contribution in [-0.2, 0) is 0 Å². The predicted molar refractivity (Wildman–Crippen MR) is 87.6 cm³/mol. The Hall–Kier alpha value is -2.10. The van der Waals surface area contributed by atoms with Crippen LogP contribution in [0.3, 0.4) is 0 Å². The maximum absolute atomic E-state index is 12.5. The topological polar surface area (TPSA) is 44.1 Å². The summed E-state index contributed by atoms with van der Waals surface area (Å²) in [6, 6.07) is 7.26. The molecule has 0 spiro atoms. The highest BCUT2D eigenvalue weighted by Crippen LogP contribution is 2.17. The summed E-state index contributed by atoms with van der Waals surface area (Å²) >= 11 is 0. The fraction of sp³-hybridized carbons (Fsp3) is 0.444. The van der Waals surface area contributed by atoms with E-state index in [9.17, 15) is 4.79 Å². The largest absolute Gasteiger partial charge is 0.494 e. The molecule has 0 bridgehead atoms. The van der Waals surface area contributed by atoms with E-state index in [1.54, 1.807) is 12.1 Å². The summed E-state index contributed by atoms with van der Waals surface area (Å²) in [7, 11) is 0. The van der Waals surface area contributed by atoms with Gasteiger partial charge in [-0.05, 0) is 62.9 Å². The molecule has 0 aliphatic heterocycles. The zero-order valence-electron chi connectivity index (χ0n) is 14.0. The Morgan fingerprint density at radius 2 is 1.82 bits per heavy atom. The van der Waals surface area contributed by atoms with Crippen molar-refractivity contribution >= 4 is 5.91 Å². The van der Waals surface area contributed by atoms with E-state index in [0.29, 0.717) is 18.1 Å². The van der Waals surface area contributed by atoms with Gasteiger partial charge in [-0.15, -0.1) is 0 Å². The Balaban J connectivity index is 2.09. The lowest BCUT2D eigenvalue weighted by Crippen LogP contribution is -2.15. The fourth-order valence-electron chi connectivity index (χ4n) is 2.15. The molecule has 0 N–H and O–H groups in total. The summed E-state index contributed by atoms with van der Waals surface area (Å²) in [6.07, 6.45) is 1.02. The van der Waals surface area contributed by atoms with Gasteiger partial charge in [0.1, 0.15) is 5.75 Å². The number of hydrogen-bond donors (Lipinski definition) is 0. The highest BCUT2D eigenvalue weighted by Gasteiger charge is 2.15. The molecule has 2 rings (SSSR count). The first-order chi connectivity index (χ1) is 10.4. The van der Waals surface area contributed by atoms with Gasteiger partial charge in [0.15, 0.2) is 0 Å². The molecular formula is C18H24N2O2. The number of hydrogen-bond acceptors (Lipinski definition) is 3. The van der Waals surface area contributed by atoms with Crippen LogP contribution in [0, 0.1) is 26.7 Å². The predicted octanol–water partition coefficient (Wildman–Crippen LogP) is 3.92. The number of carbonyl (C=O) groups is 1. The van der Waals surface area contributed by atoms with E-state index in [1.165, 1.54) is 4.68 Å². The Bertz CT molecular complexity index is 654. The highest BCUT2D eigenvalue weighted by atomic mass is 16.5. The molecule has 0 amide bonds. The van der Waals surface area contributed by atoms with E-state index in [1.807, 2.05) is 32.9 Å². The number of nitrogens with zero attached hydrogens (tertiary/aromatic N) is 2. The van der Waals surface area contributed by atoms with Crippen molar-refractivity contribution in [3.05, 3.63) is 46.8 Å². The van der Waals surface area contributed by atoms with Gasteiger partial charge in [-0.2, -0.15) is 5.10 Å². The van der Waals surface area contributed by atoms with E-state index >= 15 is 0 Å². The van der Waals surface area contributed by atoms with E-state index < -0.39 is 0 Å². The molecule has 0 aliphatic rings. The minimum atomic E-state index is -0.109. The van der Waals surface area contributed by atoms with Gasteiger partial charge in [-0.3, -0.25) is 4.79 Å². The van der Waals surface area contributed by atoms with Gasteiger partial charge in [0.2, 0.25) is 0 Å². The van der Waals surface area contributed by atoms with Crippen LogP contribution in [0.15, 0.2) is 24.3 Å². The summed E-state index contributed by atoms with van der Waals surface area (Å²) in [4.78, 5) is 12.5. The maximum atomic E-state index is 12.5. The number of benzene rings is 1. The second-order valence-corrected chi connectivity index (χ2v) is 6.07. The standard InChI is InChI=1S/C18H24N2O2/c1-12(2)10-11-22-17-8-6-16(7-9-17)18(21)20-15(5)13(3)14(4)19-20/h6-9,12H,10-11H2,1-5H3. The molecule has 0 fully saturated rings. The third-order valence-electron chi connectivity index (χ3n) is 3.91. The maximum Gasteiger partial charge on any atom is 0.278 e.